The van der Waals surface area contributed by atoms with E-state index >= 15 is 0 Å². The molecule has 1 atom stereocenters. The summed E-state index contributed by atoms with van der Waals surface area (Å²) in [6.07, 6.45) is 0. The summed E-state index contributed by atoms with van der Waals surface area (Å²) in [6, 6.07) is 6.08. The second kappa shape index (κ2) is 6.00. The molecule has 0 saturated carbocycles. The van der Waals surface area contributed by atoms with E-state index in [4.69, 9.17) is 23.2 Å². The molecular weight excluding hydrogens is 249 g/mol. The van der Waals surface area contributed by atoms with Crippen LogP contribution in [0.3, 0.4) is 0 Å². The van der Waals surface area contributed by atoms with Gasteiger partial charge in [0.15, 0.2) is 0 Å². The van der Waals surface area contributed by atoms with Gasteiger partial charge in [-0.2, -0.15) is 0 Å². The minimum Gasteiger partial charge on any atom is -0.306 e. The lowest BCUT2D eigenvalue weighted by Crippen LogP contribution is -2.26. The van der Waals surface area contributed by atoms with Crippen molar-refractivity contribution in [2.24, 2.45) is 0 Å². The van der Waals surface area contributed by atoms with E-state index in [9.17, 15) is 0 Å². The van der Waals surface area contributed by atoms with Crippen LogP contribution in [-0.4, -0.2) is 30.8 Å². The highest BCUT2D eigenvalue weighted by molar-refractivity contribution is 7.99. The highest BCUT2D eigenvalue weighted by Gasteiger charge is 2.07. The molecule has 0 aliphatic heterocycles. The zero-order valence-electron chi connectivity index (χ0n) is 9.13. The van der Waals surface area contributed by atoms with E-state index in [1.807, 2.05) is 18.2 Å². The maximum atomic E-state index is 6.07. The molecule has 0 heterocycles. The van der Waals surface area contributed by atoms with Crippen LogP contribution in [0.4, 0.5) is 0 Å². The first-order chi connectivity index (χ1) is 7.00. The summed E-state index contributed by atoms with van der Waals surface area (Å²) in [4.78, 5) is 3.24. The van der Waals surface area contributed by atoms with Crippen LogP contribution in [-0.2, 0) is 0 Å². The van der Waals surface area contributed by atoms with Gasteiger partial charge in [0.25, 0.3) is 0 Å². The number of halogens is 2. The van der Waals surface area contributed by atoms with Crippen molar-refractivity contribution in [3.05, 3.63) is 28.2 Å². The fourth-order valence-electron chi connectivity index (χ4n) is 0.947. The highest BCUT2D eigenvalue weighted by Crippen LogP contribution is 2.30. The van der Waals surface area contributed by atoms with E-state index in [0.717, 1.165) is 20.7 Å². The standard InChI is InChI=1S/C11H15Cl2NS/c1-8(14(2)3)7-15-11-6-9(12)4-5-10(11)13/h4-6,8H,7H2,1-3H3/t8-/m0/s1. The maximum absolute atomic E-state index is 6.07. The van der Waals surface area contributed by atoms with Gasteiger partial charge in [0.2, 0.25) is 0 Å². The molecule has 0 fully saturated rings. The van der Waals surface area contributed by atoms with Gasteiger partial charge in [-0.15, -0.1) is 11.8 Å². The van der Waals surface area contributed by atoms with Crippen molar-refractivity contribution in [1.82, 2.24) is 4.90 Å². The molecule has 1 aromatic carbocycles. The average molecular weight is 264 g/mol. The molecule has 0 aliphatic rings. The van der Waals surface area contributed by atoms with Crippen molar-refractivity contribution >= 4 is 35.0 Å². The quantitative estimate of drug-likeness (QED) is 0.755. The SMILES string of the molecule is C[C@@H](CSc1cc(Cl)ccc1Cl)N(C)C. The van der Waals surface area contributed by atoms with Crippen LogP contribution >= 0.6 is 35.0 Å². The lowest BCUT2D eigenvalue weighted by Gasteiger charge is -2.19. The molecule has 0 N–H and O–H groups in total. The third-order valence-corrected chi connectivity index (χ3v) is 4.23. The number of rotatable bonds is 4. The molecule has 4 heteroatoms. The van der Waals surface area contributed by atoms with Crippen molar-refractivity contribution in [3.8, 4) is 0 Å². The van der Waals surface area contributed by atoms with E-state index in [2.05, 4.69) is 25.9 Å². The first kappa shape index (κ1) is 13.2. The fourth-order valence-corrected chi connectivity index (χ4v) is 2.60. The molecule has 0 spiro atoms. The van der Waals surface area contributed by atoms with Gasteiger partial charge < -0.3 is 4.90 Å². The topological polar surface area (TPSA) is 3.24 Å². The van der Waals surface area contributed by atoms with Gasteiger partial charge >= 0.3 is 0 Å². The number of nitrogens with zero attached hydrogens (tertiary/aromatic N) is 1. The highest BCUT2D eigenvalue weighted by atomic mass is 35.5. The second-order valence-electron chi connectivity index (χ2n) is 3.70. The minimum absolute atomic E-state index is 0.519. The molecule has 0 amide bonds. The number of hydrogen-bond donors (Lipinski definition) is 0. The first-order valence-electron chi connectivity index (χ1n) is 4.75. The molecule has 0 bridgehead atoms. The molecule has 84 valence electrons. The Balaban J connectivity index is 2.61. The summed E-state index contributed by atoms with van der Waals surface area (Å²) in [5.41, 5.74) is 0. The lowest BCUT2D eigenvalue weighted by atomic mass is 10.4. The van der Waals surface area contributed by atoms with Crippen molar-refractivity contribution in [1.29, 1.82) is 0 Å². The van der Waals surface area contributed by atoms with Crippen molar-refractivity contribution in [2.75, 3.05) is 19.8 Å². The van der Waals surface area contributed by atoms with Gasteiger partial charge in [0.1, 0.15) is 0 Å². The Bertz CT molecular complexity index is 328. The fraction of sp³-hybridized carbons (Fsp3) is 0.455. The van der Waals surface area contributed by atoms with Gasteiger partial charge in [-0.25, -0.2) is 0 Å². The summed E-state index contributed by atoms with van der Waals surface area (Å²) < 4.78 is 0. The van der Waals surface area contributed by atoms with Crippen LogP contribution in [0.5, 0.6) is 0 Å². The van der Waals surface area contributed by atoms with Crippen LogP contribution in [0.1, 0.15) is 6.92 Å². The molecule has 0 unspecified atom stereocenters. The van der Waals surface area contributed by atoms with Gasteiger partial charge in [0.05, 0.1) is 5.02 Å². The third kappa shape index (κ3) is 4.23. The Labute approximate surface area is 106 Å². The Hall–Kier alpha value is 0.110. The molecule has 1 rings (SSSR count). The molecule has 0 radical (unpaired) electrons. The summed E-state index contributed by atoms with van der Waals surface area (Å²) >= 11 is 13.7. The van der Waals surface area contributed by atoms with E-state index in [1.54, 1.807) is 11.8 Å². The monoisotopic (exact) mass is 263 g/mol. The van der Waals surface area contributed by atoms with Crippen LogP contribution in [0.25, 0.3) is 0 Å². The zero-order valence-corrected chi connectivity index (χ0v) is 11.5. The summed E-state index contributed by atoms with van der Waals surface area (Å²) in [6.45, 7) is 2.19. The minimum atomic E-state index is 0.519. The maximum Gasteiger partial charge on any atom is 0.0542 e. The van der Waals surface area contributed by atoms with E-state index in [0.29, 0.717) is 6.04 Å². The summed E-state index contributed by atoms with van der Waals surface area (Å²) in [7, 11) is 4.15. The smallest absolute Gasteiger partial charge is 0.0542 e. The van der Waals surface area contributed by atoms with Crippen LogP contribution in [0.15, 0.2) is 23.1 Å². The predicted molar refractivity (Wildman–Crippen MR) is 70.3 cm³/mol. The van der Waals surface area contributed by atoms with Gasteiger partial charge in [0, 0.05) is 21.7 Å². The van der Waals surface area contributed by atoms with Crippen LogP contribution < -0.4 is 0 Å². The van der Waals surface area contributed by atoms with E-state index < -0.39 is 0 Å². The van der Waals surface area contributed by atoms with Crippen LogP contribution in [0, 0.1) is 0 Å². The lowest BCUT2D eigenvalue weighted by molar-refractivity contribution is 0.340. The van der Waals surface area contributed by atoms with Gasteiger partial charge in [-0.05, 0) is 39.2 Å². The molecule has 0 aromatic heterocycles. The Morgan fingerprint density at radius 3 is 2.60 bits per heavy atom. The van der Waals surface area contributed by atoms with Crippen molar-refractivity contribution < 1.29 is 0 Å². The molecule has 0 aliphatic carbocycles. The number of benzene rings is 1. The normalized spacial score (nSPS) is 13.2. The predicted octanol–water partition coefficient (Wildman–Crippen LogP) is 4.04. The Morgan fingerprint density at radius 1 is 1.33 bits per heavy atom. The van der Waals surface area contributed by atoms with Crippen molar-refractivity contribution in [2.45, 2.75) is 17.9 Å². The second-order valence-corrected chi connectivity index (χ2v) is 5.60. The Kier molecular flexibility index (Phi) is 5.27. The largest absolute Gasteiger partial charge is 0.306 e. The van der Waals surface area contributed by atoms with Crippen molar-refractivity contribution in [3.63, 3.8) is 0 Å². The first-order valence-corrected chi connectivity index (χ1v) is 6.49. The Morgan fingerprint density at radius 2 is 2.00 bits per heavy atom. The zero-order chi connectivity index (χ0) is 11.4. The van der Waals surface area contributed by atoms with E-state index in [-0.39, 0.29) is 0 Å². The van der Waals surface area contributed by atoms with Crippen LogP contribution in [0.2, 0.25) is 10.0 Å². The molecular formula is C11H15Cl2NS. The summed E-state index contributed by atoms with van der Waals surface area (Å²) in [5, 5.41) is 1.51. The average Bonchev–Trinajstić information content (AvgIpc) is 2.18. The third-order valence-electron chi connectivity index (χ3n) is 2.25. The van der Waals surface area contributed by atoms with Gasteiger partial charge in [-0.3, -0.25) is 0 Å². The molecule has 1 aromatic rings. The molecule has 1 nitrogen and oxygen atoms in total. The number of hydrogen-bond acceptors (Lipinski definition) is 2. The van der Waals surface area contributed by atoms with Gasteiger partial charge in [-0.1, -0.05) is 23.2 Å². The number of thioether (sulfide) groups is 1. The van der Waals surface area contributed by atoms with E-state index in [1.165, 1.54) is 0 Å². The summed E-state index contributed by atoms with van der Waals surface area (Å²) in [5.74, 6) is 1.01. The molecule has 15 heavy (non-hydrogen) atoms. The molecule has 0 saturated heterocycles.